The van der Waals surface area contributed by atoms with E-state index in [1.165, 1.54) is 17.0 Å². The Morgan fingerprint density at radius 2 is 2.00 bits per heavy atom. The molecular formula is C16H19FN2O3. The molecule has 0 N–H and O–H groups in total. The Hall–Kier alpha value is -1.79. The number of rotatable bonds is 3. The smallest absolute Gasteiger partial charge is 0.247 e. The van der Waals surface area contributed by atoms with Crippen molar-refractivity contribution in [2.75, 3.05) is 26.2 Å². The van der Waals surface area contributed by atoms with Gasteiger partial charge in [-0.25, -0.2) is 4.39 Å². The summed E-state index contributed by atoms with van der Waals surface area (Å²) in [7, 11) is 0. The Morgan fingerprint density at radius 1 is 1.27 bits per heavy atom. The van der Waals surface area contributed by atoms with Crippen LogP contribution in [0, 0.1) is 5.82 Å². The topological polar surface area (TPSA) is 49.9 Å². The molecule has 2 amide bonds. The van der Waals surface area contributed by atoms with Crippen LogP contribution >= 0.6 is 0 Å². The highest BCUT2D eigenvalue weighted by molar-refractivity contribution is 6.05. The molecule has 2 aliphatic heterocycles. The molecule has 0 aromatic heterocycles. The molecule has 2 atom stereocenters. The Balaban J connectivity index is 1.72. The number of imide groups is 1. The van der Waals surface area contributed by atoms with E-state index in [4.69, 9.17) is 4.74 Å². The Bertz CT molecular complexity index is 575. The summed E-state index contributed by atoms with van der Waals surface area (Å²) in [5.41, 5.74) is 0.884. The molecule has 5 nitrogen and oxygen atoms in total. The lowest BCUT2D eigenvalue weighted by Gasteiger charge is -2.35. The molecule has 0 aliphatic carbocycles. The van der Waals surface area contributed by atoms with Gasteiger partial charge in [-0.15, -0.1) is 0 Å². The van der Waals surface area contributed by atoms with E-state index < -0.39 is 0 Å². The van der Waals surface area contributed by atoms with Crippen molar-refractivity contribution in [3.8, 4) is 0 Å². The first kappa shape index (κ1) is 15.1. The number of ether oxygens (including phenoxy) is 1. The summed E-state index contributed by atoms with van der Waals surface area (Å²) < 4.78 is 18.7. The van der Waals surface area contributed by atoms with E-state index in [0.29, 0.717) is 26.2 Å². The molecule has 0 saturated carbocycles. The number of morpholine rings is 1. The lowest BCUT2D eigenvalue weighted by molar-refractivity contribution is -0.140. The maximum absolute atomic E-state index is 13.0. The molecule has 0 radical (unpaired) electrons. The van der Waals surface area contributed by atoms with Crippen LogP contribution in [0.1, 0.15) is 25.0 Å². The quantitative estimate of drug-likeness (QED) is 0.791. The van der Waals surface area contributed by atoms with E-state index in [2.05, 4.69) is 0 Å². The van der Waals surface area contributed by atoms with Gasteiger partial charge < -0.3 is 4.74 Å². The Labute approximate surface area is 128 Å². The van der Waals surface area contributed by atoms with Crippen molar-refractivity contribution in [3.05, 3.63) is 35.6 Å². The first-order valence-corrected chi connectivity index (χ1v) is 7.55. The van der Waals surface area contributed by atoms with Gasteiger partial charge in [-0.05, 0) is 24.6 Å². The van der Waals surface area contributed by atoms with Crippen LogP contribution in [0.4, 0.5) is 4.39 Å². The molecule has 1 aromatic rings. The van der Waals surface area contributed by atoms with E-state index in [1.54, 1.807) is 19.1 Å². The van der Waals surface area contributed by atoms with Crippen molar-refractivity contribution >= 4 is 11.8 Å². The lowest BCUT2D eigenvalue weighted by atomic mass is 10.1. The third-order valence-electron chi connectivity index (χ3n) is 4.32. The predicted octanol–water partition coefficient (Wildman–Crippen LogP) is 1.35. The van der Waals surface area contributed by atoms with E-state index >= 15 is 0 Å². The number of carbonyl (C=O) groups excluding carboxylic acids is 2. The Morgan fingerprint density at radius 3 is 2.64 bits per heavy atom. The first-order valence-electron chi connectivity index (χ1n) is 7.55. The number of likely N-dealkylation sites (tertiary alicyclic amines) is 1. The number of hydrogen-bond donors (Lipinski definition) is 0. The Kier molecular flexibility index (Phi) is 4.22. The van der Waals surface area contributed by atoms with Crippen LogP contribution in [0.3, 0.4) is 0 Å². The highest BCUT2D eigenvalue weighted by atomic mass is 19.1. The molecular weight excluding hydrogens is 287 g/mol. The van der Waals surface area contributed by atoms with E-state index in [0.717, 1.165) is 5.56 Å². The molecule has 0 bridgehead atoms. The first-order chi connectivity index (χ1) is 10.6. The summed E-state index contributed by atoms with van der Waals surface area (Å²) in [6, 6.07) is 5.81. The second-order valence-electron chi connectivity index (χ2n) is 5.60. The average Bonchev–Trinajstić information content (AvgIpc) is 2.82. The number of hydrogen-bond acceptors (Lipinski definition) is 4. The monoisotopic (exact) mass is 306 g/mol. The molecule has 2 fully saturated rings. The largest absolute Gasteiger partial charge is 0.371 e. The molecule has 0 spiro atoms. The normalized spacial score (nSPS) is 26.7. The average molecular weight is 306 g/mol. The fourth-order valence-corrected chi connectivity index (χ4v) is 3.11. The maximum atomic E-state index is 13.0. The highest BCUT2D eigenvalue weighted by Gasteiger charge is 2.42. The molecule has 3 rings (SSSR count). The summed E-state index contributed by atoms with van der Waals surface area (Å²) in [4.78, 5) is 27.5. The zero-order valence-electron chi connectivity index (χ0n) is 12.5. The number of benzene rings is 1. The number of carbonyl (C=O) groups is 2. The van der Waals surface area contributed by atoms with Crippen molar-refractivity contribution in [2.45, 2.75) is 25.5 Å². The molecule has 22 heavy (non-hydrogen) atoms. The van der Waals surface area contributed by atoms with Gasteiger partial charge in [0.05, 0.1) is 25.2 Å². The van der Waals surface area contributed by atoms with Gasteiger partial charge in [0, 0.05) is 19.6 Å². The summed E-state index contributed by atoms with van der Waals surface area (Å²) >= 11 is 0. The van der Waals surface area contributed by atoms with Crippen LogP contribution in [-0.4, -0.2) is 53.9 Å². The van der Waals surface area contributed by atoms with Crippen molar-refractivity contribution < 1.29 is 18.7 Å². The molecule has 6 heteroatoms. The highest BCUT2D eigenvalue weighted by Crippen LogP contribution is 2.27. The minimum atomic E-state index is -0.390. The molecule has 1 aromatic carbocycles. The number of amides is 2. The predicted molar refractivity (Wildman–Crippen MR) is 77.5 cm³/mol. The van der Waals surface area contributed by atoms with Crippen LogP contribution in [0.25, 0.3) is 0 Å². The number of nitrogens with zero attached hydrogens (tertiary/aromatic N) is 2. The summed E-state index contributed by atoms with van der Waals surface area (Å²) in [6.45, 7) is 3.87. The van der Waals surface area contributed by atoms with E-state index in [9.17, 15) is 14.0 Å². The van der Waals surface area contributed by atoms with Gasteiger partial charge in [0.15, 0.2) is 0 Å². The molecule has 2 saturated heterocycles. The number of likely N-dealkylation sites (N-methyl/N-ethyl adjacent to an activating group) is 1. The lowest BCUT2D eigenvalue weighted by Crippen LogP contribution is -2.48. The molecule has 2 aliphatic rings. The van der Waals surface area contributed by atoms with Crippen molar-refractivity contribution in [2.24, 2.45) is 0 Å². The fourth-order valence-electron chi connectivity index (χ4n) is 3.11. The molecule has 2 heterocycles. The summed E-state index contributed by atoms with van der Waals surface area (Å²) in [5.74, 6) is -0.513. The van der Waals surface area contributed by atoms with E-state index in [1.807, 2.05) is 4.90 Å². The molecule has 0 unspecified atom stereocenters. The third kappa shape index (κ3) is 2.76. The maximum Gasteiger partial charge on any atom is 0.247 e. The second-order valence-corrected chi connectivity index (χ2v) is 5.60. The summed E-state index contributed by atoms with van der Waals surface area (Å²) in [6.07, 6.45) is 0.0379. The van der Waals surface area contributed by atoms with Crippen LogP contribution in [0.2, 0.25) is 0 Å². The summed E-state index contributed by atoms with van der Waals surface area (Å²) in [5, 5.41) is 0. The third-order valence-corrected chi connectivity index (χ3v) is 4.32. The fraction of sp³-hybridized carbons (Fsp3) is 0.500. The van der Waals surface area contributed by atoms with E-state index in [-0.39, 0.29) is 36.2 Å². The van der Waals surface area contributed by atoms with Crippen molar-refractivity contribution in [3.63, 3.8) is 0 Å². The zero-order valence-corrected chi connectivity index (χ0v) is 12.5. The zero-order chi connectivity index (χ0) is 15.7. The van der Waals surface area contributed by atoms with Crippen LogP contribution in [-0.2, 0) is 14.3 Å². The second kappa shape index (κ2) is 6.14. The molecule has 118 valence electrons. The van der Waals surface area contributed by atoms with Gasteiger partial charge in [-0.2, -0.15) is 0 Å². The standard InChI is InChI=1S/C16H19FN2O3/c1-2-19-15(20)9-13(16(19)21)18-7-8-22-14(10-18)11-3-5-12(17)6-4-11/h3-6,13-14H,2,7-10H2,1H3/t13-,14+/m1/s1. The van der Waals surface area contributed by atoms with Gasteiger partial charge in [-0.1, -0.05) is 12.1 Å². The number of halogens is 1. The van der Waals surface area contributed by atoms with Crippen LogP contribution in [0.5, 0.6) is 0 Å². The van der Waals surface area contributed by atoms with Crippen molar-refractivity contribution in [1.29, 1.82) is 0 Å². The van der Waals surface area contributed by atoms with Crippen molar-refractivity contribution in [1.82, 2.24) is 9.80 Å². The minimum Gasteiger partial charge on any atom is -0.371 e. The SMILES string of the molecule is CCN1C(=O)C[C@@H](N2CCO[C@H](c3ccc(F)cc3)C2)C1=O. The van der Waals surface area contributed by atoms with Gasteiger partial charge in [0.25, 0.3) is 0 Å². The van der Waals surface area contributed by atoms with Gasteiger partial charge in [0.1, 0.15) is 5.82 Å². The van der Waals surface area contributed by atoms with Gasteiger partial charge in [-0.3, -0.25) is 19.4 Å². The van der Waals surface area contributed by atoms with Crippen LogP contribution in [0.15, 0.2) is 24.3 Å². The minimum absolute atomic E-state index is 0.109. The van der Waals surface area contributed by atoms with Gasteiger partial charge >= 0.3 is 0 Å². The van der Waals surface area contributed by atoms with Gasteiger partial charge in [0.2, 0.25) is 11.8 Å². The van der Waals surface area contributed by atoms with Crippen LogP contribution < -0.4 is 0 Å².